The minimum atomic E-state index is -0.234. The number of amides is 2. The van der Waals surface area contributed by atoms with Crippen molar-refractivity contribution in [3.63, 3.8) is 0 Å². The zero-order chi connectivity index (χ0) is 19.2. The van der Waals surface area contributed by atoms with Gasteiger partial charge in [-0.1, -0.05) is 11.2 Å². The molecule has 9 nitrogen and oxygen atoms in total. The summed E-state index contributed by atoms with van der Waals surface area (Å²) in [6.45, 7) is 1.58. The molecule has 0 bridgehead atoms. The molecule has 27 heavy (non-hydrogen) atoms. The van der Waals surface area contributed by atoms with Gasteiger partial charge in [0, 0.05) is 39.9 Å². The van der Waals surface area contributed by atoms with E-state index in [1.54, 1.807) is 36.2 Å². The van der Waals surface area contributed by atoms with E-state index in [4.69, 9.17) is 9.26 Å². The molecule has 0 N–H and O–H groups in total. The fraction of sp³-hybridized carbons (Fsp3) is 0.500. The number of methoxy groups -OCH3 is 1. The molecule has 0 saturated carbocycles. The monoisotopic (exact) mass is 373 g/mol. The van der Waals surface area contributed by atoms with Crippen LogP contribution in [0.5, 0.6) is 0 Å². The third kappa shape index (κ3) is 4.68. The summed E-state index contributed by atoms with van der Waals surface area (Å²) in [7, 11) is 3.29. The van der Waals surface area contributed by atoms with Crippen LogP contribution in [0.25, 0.3) is 11.5 Å². The predicted octanol–water partition coefficient (Wildman–Crippen LogP) is 0.975. The van der Waals surface area contributed by atoms with Gasteiger partial charge in [0.05, 0.1) is 19.1 Å². The highest BCUT2D eigenvalue weighted by molar-refractivity contribution is 5.83. The quantitative estimate of drug-likeness (QED) is 0.713. The number of hydrogen-bond donors (Lipinski definition) is 0. The fourth-order valence-corrected chi connectivity index (χ4v) is 3.04. The van der Waals surface area contributed by atoms with E-state index in [0.717, 1.165) is 0 Å². The van der Waals surface area contributed by atoms with Crippen LogP contribution in [0, 0.1) is 5.92 Å². The Morgan fingerprint density at radius 2 is 2.30 bits per heavy atom. The van der Waals surface area contributed by atoms with Gasteiger partial charge in [0.2, 0.25) is 23.5 Å². The minimum Gasteiger partial charge on any atom is -0.383 e. The number of pyridine rings is 1. The van der Waals surface area contributed by atoms with Gasteiger partial charge in [-0.15, -0.1) is 0 Å². The van der Waals surface area contributed by atoms with E-state index in [2.05, 4.69) is 15.1 Å². The summed E-state index contributed by atoms with van der Waals surface area (Å²) in [5.41, 5.74) is 0.612. The zero-order valence-electron chi connectivity index (χ0n) is 15.5. The molecule has 3 heterocycles. The topological polar surface area (TPSA) is 102 Å². The lowest BCUT2D eigenvalue weighted by Crippen LogP contribution is -2.47. The highest BCUT2D eigenvalue weighted by Gasteiger charge is 2.32. The third-order valence-electron chi connectivity index (χ3n) is 4.53. The number of ether oxygens (including phenoxy) is 1. The number of carbonyl (C=O) groups excluding carboxylic acids is 2. The predicted molar refractivity (Wildman–Crippen MR) is 95.2 cm³/mol. The lowest BCUT2D eigenvalue weighted by Gasteiger charge is -2.33. The smallest absolute Gasteiger partial charge is 0.246 e. The van der Waals surface area contributed by atoms with Crippen LogP contribution in [-0.4, -0.2) is 70.6 Å². The number of nitrogens with zero attached hydrogens (tertiary/aromatic N) is 5. The van der Waals surface area contributed by atoms with Crippen LogP contribution in [0.2, 0.25) is 0 Å². The van der Waals surface area contributed by atoms with Gasteiger partial charge in [-0.25, -0.2) is 0 Å². The van der Waals surface area contributed by atoms with Gasteiger partial charge in [0.25, 0.3) is 0 Å². The molecule has 2 aromatic rings. The summed E-state index contributed by atoms with van der Waals surface area (Å²) in [4.78, 5) is 36.5. The Balaban J connectivity index is 1.59. The first-order chi connectivity index (χ1) is 13.1. The molecular weight excluding hydrogens is 350 g/mol. The molecule has 1 aliphatic heterocycles. The van der Waals surface area contributed by atoms with E-state index in [0.29, 0.717) is 49.9 Å². The van der Waals surface area contributed by atoms with Gasteiger partial charge >= 0.3 is 0 Å². The Morgan fingerprint density at radius 1 is 1.44 bits per heavy atom. The van der Waals surface area contributed by atoms with Crippen LogP contribution in [0.3, 0.4) is 0 Å². The first-order valence-electron chi connectivity index (χ1n) is 8.84. The van der Waals surface area contributed by atoms with Crippen molar-refractivity contribution in [1.29, 1.82) is 0 Å². The van der Waals surface area contributed by atoms with Gasteiger partial charge in [-0.3, -0.25) is 14.6 Å². The van der Waals surface area contributed by atoms with Gasteiger partial charge < -0.3 is 19.1 Å². The molecule has 2 aromatic heterocycles. The number of piperidine rings is 1. The summed E-state index contributed by atoms with van der Waals surface area (Å²) < 4.78 is 10.3. The number of likely N-dealkylation sites (tertiary alicyclic amines) is 1. The second-order valence-corrected chi connectivity index (χ2v) is 6.49. The molecule has 3 rings (SSSR count). The maximum Gasteiger partial charge on any atom is 0.246 e. The second kappa shape index (κ2) is 8.72. The largest absolute Gasteiger partial charge is 0.383 e. The number of carbonyl (C=O) groups is 2. The van der Waals surface area contributed by atoms with Gasteiger partial charge in [0.1, 0.15) is 5.69 Å². The molecular formula is C18H23N5O4. The molecule has 0 spiro atoms. The van der Waals surface area contributed by atoms with Crippen molar-refractivity contribution in [3.8, 4) is 11.5 Å². The zero-order valence-corrected chi connectivity index (χ0v) is 15.5. The van der Waals surface area contributed by atoms with E-state index in [1.165, 1.54) is 0 Å². The van der Waals surface area contributed by atoms with Crippen LogP contribution in [-0.2, 0) is 20.9 Å². The SMILES string of the molecule is COCCN1C[C@H](C(=O)N(C)Cc2nc(-c3ccccn3)no2)CCC1=O. The molecule has 1 fully saturated rings. The molecule has 2 amide bonds. The molecule has 1 saturated heterocycles. The number of aromatic nitrogens is 3. The lowest BCUT2D eigenvalue weighted by atomic mass is 9.96. The summed E-state index contributed by atoms with van der Waals surface area (Å²) in [5, 5.41) is 3.91. The van der Waals surface area contributed by atoms with Gasteiger partial charge in [-0.05, 0) is 18.6 Å². The maximum atomic E-state index is 12.8. The molecule has 0 aliphatic carbocycles. The summed E-state index contributed by atoms with van der Waals surface area (Å²) in [5.74, 6) is 0.524. The summed E-state index contributed by atoms with van der Waals surface area (Å²) >= 11 is 0. The van der Waals surface area contributed by atoms with Crippen LogP contribution < -0.4 is 0 Å². The van der Waals surface area contributed by atoms with Crippen LogP contribution in [0.4, 0.5) is 0 Å². The molecule has 0 radical (unpaired) electrons. The minimum absolute atomic E-state index is 0.0393. The van der Waals surface area contributed by atoms with Crippen LogP contribution in [0.1, 0.15) is 18.7 Å². The normalized spacial score (nSPS) is 17.2. The van der Waals surface area contributed by atoms with Crippen molar-refractivity contribution in [2.45, 2.75) is 19.4 Å². The van der Waals surface area contributed by atoms with E-state index < -0.39 is 0 Å². The molecule has 9 heteroatoms. The lowest BCUT2D eigenvalue weighted by molar-refractivity contribution is -0.143. The number of rotatable bonds is 7. The van der Waals surface area contributed by atoms with Crippen molar-refractivity contribution >= 4 is 11.8 Å². The van der Waals surface area contributed by atoms with Gasteiger partial charge in [-0.2, -0.15) is 4.98 Å². The first kappa shape index (κ1) is 19.0. The highest BCUT2D eigenvalue weighted by Crippen LogP contribution is 2.20. The van der Waals surface area contributed by atoms with Crippen molar-refractivity contribution in [1.82, 2.24) is 24.9 Å². The van der Waals surface area contributed by atoms with E-state index in [9.17, 15) is 9.59 Å². The van der Waals surface area contributed by atoms with Crippen LogP contribution in [0.15, 0.2) is 28.9 Å². The van der Waals surface area contributed by atoms with E-state index in [-0.39, 0.29) is 24.3 Å². The van der Waals surface area contributed by atoms with Crippen molar-refractivity contribution in [2.24, 2.45) is 5.92 Å². The Morgan fingerprint density at radius 3 is 3.04 bits per heavy atom. The Bertz CT molecular complexity index is 779. The van der Waals surface area contributed by atoms with E-state index in [1.807, 2.05) is 12.1 Å². The maximum absolute atomic E-state index is 12.8. The molecule has 1 aliphatic rings. The Kier molecular flexibility index (Phi) is 6.12. The van der Waals surface area contributed by atoms with Crippen molar-refractivity contribution in [2.75, 3.05) is 33.9 Å². The van der Waals surface area contributed by atoms with Crippen LogP contribution >= 0.6 is 0 Å². The average molecular weight is 373 g/mol. The van der Waals surface area contributed by atoms with E-state index >= 15 is 0 Å². The third-order valence-corrected chi connectivity index (χ3v) is 4.53. The molecule has 0 unspecified atom stereocenters. The first-order valence-corrected chi connectivity index (χ1v) is 8.84. The van der Waals surface area contributed by atoms with Gasteiger partial charge in [0.15, 0.2) is 0 Å². The standard InChI is InChI=1S/C18H23N5O4/c1-22(12-15-20-17(21-27-15)14-5-3-4-8-19-14)18(25)13-6-7-16(24)23(11-13)9-10-26-2/h3-5,8,13H,6-7,9-12H2,1-2H3/t13-/m1/s1. The average Bonchev–Trinajstić information content (AvgIpc) is 3.16. The molecule has 144 valence electrons. The second-order valence-electron chi connectivity index (χ2n) is 6.49. The Labute approximate surface area is 157 Å². The number of hydrogen-bond acceptors (Lipinski definition) is 7. The van der Waals surface area contributed by atoms with Crippen molar-refractivity contribution in [3.05, 3.63) is 30.3 Å². The molecule has 1 atom stereocenters. The Hall–Kier alpha value is -2.81. The highest BCUT2D eigenvalue weighted by atomic mass is 16.5. The molecule has 0 aromatic carbocycles. The summed E-state index contributed by atoms with van der Waals surface area (Å²) in [6.07, 6.45) is 2.58. The fourth-order valence-electron chi connectivity index (χ4n) is 3.04. The van der Waals surface area contributed by atoms with Crippen molar-refractivity contribution < 1.29 is 18.8 Å². The summed E-state index contributed by atoms with van der Waals surface area (Å²) in [6, 6.07) is 5.44.